The highest BCUT2D eigenvalue weighted by atomic mass is 35.5. The smallest absolute Gasteiger partial charge is 0.162 e. The van der Waals surface area contributed by atoms with Crippen LogP contribution in [0.4, 0.5) is 11.5 Å². The predicted molar refractivity (Wildman–Crippen MR) is 114 cm³/mol. The van der Waals surface area contributed by atoms with Gasteiger partial charge in [-0.05, 0) is 48.5 Å². The number of anilines is 2. The first-order chi connectivity index (χ1) is 12.7. The Morgan fingerprint density at radius 2 is 1.56 bits per heavy atom. The number of fused-ring (bicyclic) bond motifs is 1. The summed E-state index contributed by atoms with van der Waals surface area (Å²) in [6.07, 6.45) is 0. The summed E-state index contributed by atoms with van der Waals surface area (Å²) in [4.78, 5) is 9.45. The summed E-state index contributed by atoms with van der Waals surface area (Å²) in [7, 11) is 1.65. The summed E-state index contributed by atoms with van der Waals surface area (Å²) in [6.45, 7) is 0. The van der Waals surface area contributed by atoms with E-state index in [-0.39, 0.29) is 12.4 Å². The Bertz CT molecular complexity index is 1070. The molecule has 136 valence electrons. The van der Waals surface area contributed by atoms with Crippen molar-refractivity contribution in [1.29, 1.82) is 0 Å². The second-order valence-electron chi connectivity index (χ2n) is 5.75. The van der Waals surface area contributed by atoms with E-state index in [4.69, 9.17) is 26.3 Å². The molecule has 0 unspecified atom stereocenters. The Morgan fingerprint density at radius 3 is 2.33 bits per heavy atom. The maximum atomic E-state index is 6.00. The molecule has 0 fully saturated rings. The third kappa shape index (κ3) is 3.97. The summed E-state index contributed by atoms with van der Waals surface area (Å²) in [6, 6.07) is 23.2. The lowest BCUT2D eigenvalue weighted by atomic mass is 10.1. The van der Waals surface area contributed by atoms with Crippen LogP contribution in [0.1, 0.15) is 0 Å². The van der Waals surface area contributed by atoms with E-state index < -0.39 is 0 Å². The summed E-state index contributed by atoms with van der Waals surface area (Å²) < 4.78 is 5.44. The minimum Gasteiger partial charge on any atom is -0.495 e. The first-order valence-electron chi connectivity index (χ1n) is 8.17. The molecule has 0 radical (unpaired) electrons. The zero-order chi connectivity index (χ0) is 17.9. The highest BCUT2D eigenvalue weighted by Crippen LogP contribution is 2.31. The van der Waals surface area contributed by atoms with Crippen LogP contribution in [0.3, 0.4) is 0 Å². The quantitative estimate of drug-likeness (QED) is 0.450. The van der Waals surface area contributed by atoms with Crippen LogP contribution in [0.5, 0.6) is 5.75 Å². The van der Waals surface area contributed by atoms with Gasteiger partial charge in [0.25, 0.3) is 0 Å². The molecule has 0 atom stereocenters. The molecule has 0 aliphatic heterocycles. The van der Waals surface area contributed by atoms with Crippen LogP contribution < -0.4 is 10.1 Å². The fraction of sp³-hybridized carbons (Fsp3) is 0.0476. The Balaban J connectivity index is 0.00000210. The van der Waals surface area contributed by atoms with Gasteiger partial charge in [-0.2, -0.15) is 0 Å². The molecule has 27 heavy (non-hydrogen) atoms. The van der Waals surface area contributed by atoms with Crippen LogP contribution in [0, 0.1) is 0 Å². The number of halogens is 2. The third-order valence-corrected chi connectivity index (χ3v) is 4.32. The average molecular weight is 398 g/mol. The number of aromatic nitrogens is 2. The van der Waals surface area contributed by atoms with Gasteiger partial charge in [-0.1, -0.05) is 35.9 Å². The fourth-order valence-electron chi connectivity index (χ4n) is 2.78. The van der Waals surface area contributed by atoms with E-state index in [1.807, 2.05) is 72.8 Å². The van der Waals surface area contributed by atoms with Crippen LogP contribution in [-0.4, -0.2) is 17.1 Å². The molecule has 1 aromatic heterocycles. The molecule has 4 aromatic rings. The van der Waals surface area contributed by atoms with E-state index >= 15 is 0 Å². The molecule has 0 aliphatic rings. The SMILES string of the molecule is COc1ccccc1Nc1nc(-c2ccc(Cl)cc2)nc2ccccc12.Cl. The zero-order valence-electron chi connectivity index (χ0n) is 14.5. The van der Waals surface area contributed by atoms with Gasteiger partial charge in [0.15, 0.2) is 5.82 Å². The van der Waals surface area contributed by atoms with Crippen molar-refractivity contribution in [2.45, 2.75) is 0 Å². The Morgan fingerprint density at radius 1 is 0.852 bits per heavy atom. The molecular formula is C21H17Cl2N3O. The molecule has 0 spiro atoms. The van der Waals surface area contributed by atoms with Gasteiger partial charge in [0.1, 0.15) is 11.6 Å². The van der Waals surface area contributed by atoms with Gasteiger partial charge < -0.3 is 10.1 Å². The minimum atomic E-state index is 0. The third-order valence-electron chi connectivity index (χ3n) is 4.07. The predicted octanol–water partition coefficient (Wildman–Crippen LogP) is 6.12. The zero-order valence-corrected chi connectivity index (χ0v) is 16.1. The molecule has 3 aromatic carbocycles. The van der Waals surface area contributed by atoms with Gasteiger partial charge in [0, 0.05) is 16.0 Å². The Hall–Kier alpha value is -2.82. The highest BCUT2D eigenvalue weighted by Gasteiger charge is 2.11. The number of para-hydroxylation sites is 3. The monoisotopic (exact) mass is 397 g/mol. The van der Waals surface area contributed by atoms with Crippen molar-refractivity contribution in [3.8, 4) is 17.1 Å². The lowest BCUT2D eigenvalue weighted by molar-refractivity contribution is 0.417. The standard InChI is InChI=1S/C21H16ClN3O.ClH/c1-26-19-9-5-4-8-18(19)24-21-16-6-2-3-7-17(16)23-20(25-21)14-10-12-15(22)13-11-14;/h2-13H,1H3,(H,23,24,25);1H. The molecular weight excluding hydrogens is 381 g/mol. The number of hydrogen-bond donors (Lipinski definition) is 1. The average Bonchev–Trinajstić information content (AvgIpc) is 2.69. The van der Waals surface area contributed by atoms with Crippen molar-refractivity contribution >= 4 is 46.4 Å². The van der Waals surface area contributed by atoms with E-state index in [9.17, 15) is 0 Å². The number of hydrogen-bond acceptors (Lipinski definition) is 4. The molecule has 0 saturated heterocycles. The molecule has 0 saturated carbocycles. The van der Waals surface area contributed by atoms with Gasteiger partial charge in [0.05, 0.1) is 18.3 Å². The van der Waals surface area contributed by atoms with E-state index in [2.05, 4.69) is 5.32 Å². The van der Waals surface area contributed by atoms with E-state index in [1.54, 1.807) is 7.11 Å². The van der Waals surface area contributed by atoms with Crippen molar-refractivity contribution in [3.63, 3.8) is 0 Å². The van der Waals surface area contributed by atoms with E-state index in [0.29, 0.717) is 10.8 Å². The minimum absolute atomic E-state index is 0. The number of ether oxygens (including phenoxy) is 1. The van der Waals surface area contributed by atoms with Crippen LogP contribution in [-0.2, 0) is 0 Å². The van der Waals surface area contributed by atoms with Crippen molar-refractivity contribution in [2.75, 3.05) is 12.4 Å². The molecule has 0 bridgehead atoms. The van der Waals surface area contributed by atoms with Gasteiger partial charge in [-0.3, -0.25) is 0 Å². The summed E-state index contributed by atoms with van der Waals surface area (Å²) in [5, 5.41) is 5.01. The van der Waals surface area contributed by atoms with Crippen molar-refractivity contribution in [1.82, 2.24) is 9.97 Å². The molecule has 4 rings (SSSR count). The highest BCUT2D eigenvalue weighted by molar-refractivity contribution is 6.30. The summed E-state index contributed by atoms with van der Waals surface area (Å²) in [5.41, 5.74) is 2.62. The normalized spacial score (nSPS) is 10.3. The van der Waals surface area contributed by atoms with Crippen LogP contribution in [0.15, 0.2) is 72.8 Å². The summed E-state index contributed by atoms with van der Waals surface area (Å²) >= 11 is 6.00. The molecule has 1 heterocycles. The van der Waals surface area contributed by atoms with Crippen LogP contribution in [0.25, 0.3) is 22.3 Å². The Kier molecular flexibility index (Phi) is 5.79. The van der Waals surface area contributed by atoms with Gasteiger partial charge in [-0.15, -0.1) is 12.4 Å². The number of methoxy groups -OCH3 is 1. The molecule has 6 heteroatoms. The van der Waals surface area contributed by atoms with Crippen molar-refractivity contribution in [2.24, 2.45) is 0 Å². The van der Waals surface area contributed by atoms with E-state index in [1.165, 1.54) is 0 Å². The first kappa shape index (κ1) is 19.0. The number of nitrogens with zero attached hydrogens (tertiary/aromatic N) is 2. The van der Waals surface area contributed by atoms with Gasteiger partial charge in [-0.25, -0.2) is 9.97 Å². The second kappa shape index (κ2) is 8.25. The Labute approximate surface area is 168 Å². The second-order valence-corrected chi connectivity index (χ2v) is 6.18. The number of benzene rings is 3. The largest absolute Gasteiger partial charge is 0.495 e. The topological polar surface area (TPSA) is 47.0 Å². The molecule has 4 nitrogen and oxygen atoms in total. The van der Waals surface area contributed by atoms with Crippen LogP contribution in [0.2, 0.25) is 5.02 Å². The van der Waals surface area contributed by atoms with Crippen molar-refractivity contribution in [3.05, 3.63) is 77.8 Å². The lowest BCUT2D eigenvalue weighted by Crippen LogP contribution is -2.00. The number of nitrogens with one attached hydrogen (secondary N) is 1. The molecule has 0 aliphatic carbocycles. The number of rotatable bonds is 4. The van der Waals surface area contributed by atoms with E-state index in [0.717, 1.165) is 33.7 Å². The molecule has 0 amide bonds. The van der Waals surface area contributed by atoms with Crippen molar-refractivity contribution < 1.29 is 4.74 Å². The molecule has 1 N–H and O–H groups in total. The van der Waals surface area contributed by atoms with Gasteiger partial charge >= 0.3 is 0 Å². The maximum absolute atomic E-state index is 6.00. The fourth-order valence-corrected chi connectivity index (χ4v) is 2.90. The van der Waals surface area contributed by atoms with Crippen LogP contribution >= 0.6 is 24.0 Å². The van der Waals surface area contributed by atoms with Gasteiger partial charge in [0.2, 0.25) is 0 Å². The summed E-state index contributed by atoms with van der Waals surface area (Å²) in [5.74, 6) is 2.12. The maximum Gasteiger partial charge on any atom is 0.162 e. The first-order valence-corrected chi connectivity index (χ1v) is 8.55. The lowest BCUT2D eigenvalue weighted by Gasteiger charge is -2.13.